The number of nitrogens with zero attached hydrogens (tertiary/aromatic N) is 3. The van der Waals surface area contributed by atoms with Crippen LogP contribution in [-0.4, -0.2) is 31.7 Å². The average molecular weight is 501 g/mol. The number of sulfonamides is 1. The number of anilines is 1. The topological polar surface area (TPSA) is 83.8 Å². The van der Waals surface area contributed by atoms with E-state index in [1.54, 1.807) is 48.7 Å². The first kappa shape index (κ1) is 24.9. The van der Waals surface area contributed by atoms with Crippen LogP contribution in [0.1, 0.15) is 22.5 Å². The first-order valence-electron chi connectivity index (χ1n) is 11.5. The van der Waals surface area contributed by atoms with Crippen LogP contribution in [-0.2, 0) is 14.8 Å². The van der Waals surface area contributed by atoms with E-state index in [1.807, 2.05) is 57.2 Å². The number of nitrogens with one attached hydrogen (secondary N) is 1. The molecule has 0 unspecified atom stereocenters. The summed E-state index contributed by atoms with van der Waals surface area (Å²) in [7, 11) is -3.96. The summed E-state index contributed by atoms with van der Waals surface area (Å²) in [6.07, 6.45) is 1.57. The summed E-state index contributed by atoms with van der Waals surface area (Å²) in [6, 6.07) is 27.0. The Morgan fingerprint density at radius 2 is 1.53 bits per heavy atom. The molecule has 36 heavy (non-hydrogen) atoms. The third-order valence-electron chi connectivity index (χ3n) is 5.82. The Morgan fingerprint density at radius 1 is 0.917 bits per heavy atom. The van der Waals surface area contributed by atoms with Crippen LogP contribution in [0.3, 0.4) is 0 Å². The summed E-state index contributed by atoms with van der Waals surface area (Å²) in [5, 5.41) is 4.11. The summed E-state index contributed by atoms with van der Waals surface area (Å²) >= 11 is 0. The zero-order valence-electron chi connectivity index (χ0n) is 20.4. The Kier molecular flexibility index (Phi) is 7.36. The highest BCUT2D eigenvalue weighted by Crippen LogP contribution is 2.24. The fourth-order valence-electron chi connectivity index (χ4n) is 3.98. The highest BCUT2D eigenvalue weighted by Gasteiger charge is 2.27. The van der Waals surface area contributed by atoms with Crippen molar-refractivity contribution >= 4 is 27.8 Å². The maximum Gasteiger partial charge on any atom is 0.264 e. The van der Waals surface area contributed by atoms with Gasteiger partial charge in [0.05, 0.1) is 16.8 Å². The number of benzene rings is 3. The van der Waals surface area contributed by atoms with Gasteiger partial charge in [-0.25, -0.2) is 13.8 Å². The van der Waals surface area contributed by atoms with E-state index in [0.717, 1.165) is 32.5 Å². The smallest absolute Gasteiger partial charge is 0.264 e. The zero-order valence-corrected chi connectivity index (χ0v) is 21.2. The van der Waals surface area contributed by atoms with Crippen LogP contribution in [0, 0.1) is 20.8 Å². The Hall–Kier alpha value is -4.17. The number of rotatable bonds is 8. The molecule has 1 amide bonds. The zero-order chi connectivity index (χ0) is 25.7. The Bertz CT molecular complexity index is 1480. The van der Waals surface area contributed by atoms with Crippen molar-refractivity contribution in [3.63, 3.8) is 0 Å². The number of hydrogen-bond acceptors (Lipinski definition) is 4. The van der Waals surface area contributed by atoms with Crippen LogP contribution < -0.4 is 9.73 Å². The molecule has 4 aromatic rings. The van der Waals surface area contributed by atoms with E-state index in [0.29, 0.717) is 5.69 Å². The molecule has 8 heteroatoms. The number of hydrogen-bond donors (Lipinski definition) is 1. The van der Waals surface area contributed by atoms with E-state index in [4.69, 9.17) is 0 Å². The van der Waals surface area contributed by atoms with Crippen molar-refractivity contribution in [2.24, 2.45) is 5.10 Å². The quantitative estimate of drug-likeness (QED) is 0.280. The minimum Gasteiger partial charge on any atom is -0.318 e. The highest BCUT2D eigenvalue weighted by atomic mass is 32.2. The Balaban J connectivity index is 1.54. The molecule has 0 aliphatic heterocycles. The van der Waals surface area contributed by atoms with Gasteiger partial charge in [-0.05, 0) is 63.2 Å². The second-order valence-corrected chi connectivity index (χ2v) is 10.3. The second kappa shape index (κ2) is 10.6. The minimum absolute atomic E-state index is 0.107. The molecular weight excluding hydrogens is 472 g/mol. The third-order valence-corrected chi connectivity index (χ3v) is 7.61. The van der Waals surface area contributed by atoms with Gasteiger partial charge < -0.3 is 4.57 Å². The van der Waals surface area contributed by atoms with Crippen LogP contribution in [0.4, 0.5) is 5.69 Å². The van der Waals surface area contributed by atoms with Crippen LogP contribution in [0.2, 0.25) is 0 Å². The van der Waals surface area contributed by atoms with Crippen LogP contribution in [0.25, 0.3) is 5.69 Å². The van der Waals surface area contributed by atoms with Gasteiger partial charge in [0, 0.05) is 22.6 Å². The van der Waals surface area contributed by atoms with Crippen molar-refractivity contribution in [3.8, 4) is 5.69 Å². The highest BCUT2D eigenvalue weighted by molar-refractivity contribution is 7.92. The van der Waals surface area contributed by atoms with Gasteiger partial charge in [0.1, 0.15) is 6.54 Å². The number of hydrazone groups is 1. The standard InChI is InChI=1S/C28H28N4O3S/c1-21-14-16-25(17-15-21)31(36(34,35)27-12-8-5-9-13-27)20-28(33)30-29-19-24-18-22(2)32(23(24)3)26-10-6-4-7-11-26/h4-19H,20H2,1-3H3,(H,30,33). The molecule has 1 heterocycles. The molecule has 0 fully saturated rings. The molecule has 0 saturated carbocycles. The van der Waals surface area contributed by atoms with E-state index in [2.05, 4.69) is 15.1 Å². The van der Waals surface area contributed by atoms with Gasteiger partial charge in [-0.15, -0.1) is 0 Å². The lowest BCUT2D eigenvalue weighted by atomic mass is 10.2. The van der Waals surface area contributed by atoms with Crippen LogP contribution in [0.5, 0.6) is 0 Å². The predicted octanol–water partition coefficient (Wildman–Crippen LogP) is 4.75. The number of para-hydroxylation sites is 1. The van der Waals surface area contributed by atoms with Crippen molar-refractivity contribution in [2.75, 3.05) is 10.8 Å². The first-order valence-corrected chi connectivity index (χ1v) is 12.9. The first-order chi connectivity index (χ1) is 17.3. The lowest BCUT2D eigenvalue weighted by molar-refractivity contribution is -0.119. The number of aryl methyl sites for hydroxylation is 2. The average Bonchev–Trinajstić information content (AvgIpc) is 3.16. The third kappa shape index (κ3) is 5.39. The van der Waals surface area contributed by atoms with Gasteiger partial charge in [-0.2, -0.15) is 5.10 Å². The van der Waals surface area contributed by atoms with Gasteiger partial charge >= 0.3 is 0 Å². The molecule has 0 radical (unpaired) electrons. The Morgan fingerprint density at radius 3 is 2.17 bits per heavy atom. The van der Waals surface area contributed by atoms with E-state index < -0.39 is 22.5 Å². The number of carbonyl (C=O) groups is 1. The lowest BCUT2D eigenvalue weighted by Gasteiger charge is -2.23. The SMILES string of the molecule is Cc1ccc(N(CC(=O)NN=Cc2cc(C)n(-c3ccccc3)c2C)S(=O)(=O)c2ccccc2)cc1. The molecule has 7 nitrogen and oxygen atoms in total. The molecular formula is C28H28N4O3S. The minimum atomic E-state index is -3.96. The predicted molar refractivity (Wildman–Crippen MR) is 143 cm³/mol. The van der Waals surface area contributed by atoms with E-state index in [9.17, 15) is 13.2 Å². The summed E-state index contributed by atoms with van der Waals surface area (Å²) in [5.74, 6) is -0.553. The molecule has 0 saturated heterocycles. The summed E-state index contributed by atoms with van der Waals surface area (Å²) < 4.78 is 29.9. The molecule has 1 N–H and O–H groups in total. The fourth-order valence-corrected chi connectivity index (χ4v) is 5.42. The maximum absolute atomic E-state index is 13.4. The molecule has 0 aliphatic rings. The summed E-state index contributed by atoms with van der Waals surface area (Å²) in [6.45, 7) is 5.48. The van der Waals surface area contributed by atoms with Crippen molar-refractivity contribution in [1.29, 1.82) is 0 Å². The van der Waals surface area contributed by atoms with Crippen molar-refractivity contribution in [1.82, 2.24) is 9.99 Å². The van der Waals surface area contributed by atoms with Crippen molar-refractivity contribution in [2.45, 2.75) is 25.7 Å². The molecule has 0 bridgehead atoms. The van der Waals surface area contributed by atoms with E-state index in [-0.39, 0.29) is 4.90 Å². The van der Waals surface area contributed by atoms with Crippen molar-refractivity contribution in [3.05, 3.63) is 114 Å². The summed E-state index contributed by atoms with van der Waals surface area (Å²) in [5.41, 5.74) is 7.76. The molecule has 0 spiro atoms. The molecule has 1 aromatic heterocycles. The van der Waals surface area contributed by atoms with E-state index >= 15 is 0 Å². The van der Waals surface area contributed by atoms with Crippen molar-refractivity contribution < 1.29 is 13.2 Å². The maximum atomic E-state index is 13.4. The van der Waals surface area contributed by atoms with Gasteiger partial charge in [0.2, 0.25) is 0 Å². The second-order valence-electron chi connectivity index (χ2n) is 8.45. The lowest BCUT2D eigenvalue weighted by Crippen LogP contribution is -2.39. The van der Waals surface area contributed by atoms with Gasteiger partial charge in [-0.3, -0.25) is 9.10 Å². The number of carbonyl (C=O) groups excluding carboxylic acids is 1. The van der Waals surface area contributed by atoms with Gasteiger partial charge in [0.25, 0.3) is 15.9 Å². The normalized spacial score (nSPS) is 11.5. The summed E-state index contributed by atoms with van der Waals surface area (Å²) in [4.78, 5) is 12.9. The largest absolute Gasteiger partial charge is 0.318 e. The fraction of sp³-hybridized carbons (Fsp3) is 0.143. The van der Waals surface area contributed by atoms with Crippen LogP contribution >= 0.6 is 0 Å². The van der Waals surface area contributed by atoms with Crippen LogP contribution in [0.15, 0.2) is 101 Å². The monoisotopic (exact) mass is 500 g/mol. The number of amides is 1. The molecule has 184 valence electrons. The molecule has 3 aromatic carbocycles. The number of aromatic nitrogens is 1. The van der Waals surface area contributed by atoms with Gasteiger partial charge in [-0.1, -0.05) is 54.1 Å². The molecule has 4 rings (SSSR count). The molecule has 0 aliphatic carbocycles. The Labute approximate surface area is 211 Å². The van der Waals surface area contributed by atoms with E-state index in [1.165, 1.54) is 12.1 Å². The molecule has 0 atom stereocenters. The van der Waals surface area contributed by atoms with Gasteiger partial charge in [0.15, 0.2) is 0 Å².